The summed E-state index contributed by atoms with van der Waals surface area (Å²) in [7, 11) is 0. The quantitative estimate of drug-likeness (QED) is 0.471. The predicted molar refractivity (Wildman–Crippen MR) is 45.5 cm³/mol. The standard InChI is InChI=1S/C5H10BIO2/c1-5(2)3-8-6(7)9-4-5/h3-4H2,1-2H3. The van der Waals surface area contributed by atoms with Crippen molar-refractivity contribution >= 4 is 27.3 Å². The van der Waals surface area contributed by atoms with Crippen LogP contribution in [0.3, 0.4) is 0 Å². The highest BCUT2D eigenvalue weighted by Gasteiger charge is 2.29. The van der Waals surface area contributed by atoms with Crippen molar-refractivity contribution in [3.63, 3.8) is 0 Å². The van der Waals surface area contributed by atoms with Crippen LogP contribution in [0.25, 0.3) is 0 Å². The van der Waals surface area contributed by atoms with Crippen molar-refractivity contribution in [2.45, 2.75) is 13.8 Å². The summed E-state index contributed by atoms with van der Waals surface area (Å²) in [5.41, 5.74) is 0.210. The van der Waals surface area contributed by atoms with Gasteiger partial charge in [0.25, 0.3) is 0 Å². The van der Waals surface area contributed by atoms with E-state index in [1.165, 1.54) is 0 Å². The summed E-state index contributed by atoms with van der Waals surface area (Å²) in [4.78, 5) is -0.0318. The maximum Gasteiger partial charge on any atom is 0.532 e. The first-order valence-corrected chi connectivity index (χ1v) is 4.22. The van der Waals surface area contributed by atoms with Gasteiger partial charge in [-0.15, -0.1) is 0 Å². The minimum Gasteiger partial charge on any atom is -0.402 e. The molecular weight excluding hydrogens is 230 g/mol. The lowest BCUT2D eigenvalue weighted by Crippen LogP contribution is -2.37. The molecule has 1 saturated heterocycles. The molecule has 0 bridgehead atoms. The second kappa shape index (κ2) is 2.76. The van der Waals surface area contributed by atoms with Gasteiger partial charge in [-0.25, -0.2) is 0 Å². The molecule has 0 aromatic rings. The van der Waals surface area contributed by atoms with E-state index in [-0.39, 0.29) is 10.4 Å². The molecule has 1 aliphatic rings. The van der Waals surface area contributed by atoms with Crippen molar-refractivity contribution in [2.75, 3.05) is 13.2 Å². The van der Waals surface area contributed by atoms with Crippen molar-refractivity contribution in [1.82, 2.24) is 0 Å². The molecule has 0 atom stereocenters. The van der Waals surface area contributed by atoms with E-state index in [9.17, 15) is 0 Å². The molecule has 4 heteroatoms. The molecule has 0 unspecified atom stereocenters. The van der Waals surface area contributed by atoms with Crippen LogP contribution in [0.5, 0.6) is 0 Å². The predicted octanol–water partition coefficient (Wildman–Crippen LogP) is 1.48. The van der Waals surface area contributed by atoms with E-state index in [0.29, 0.717) is 0 Å². The van der Waals surface area contributed by atoms with E-state index in [1.807, 2.05) is 0 Å². The summed E-state index contributed by atoms with van der Waals surface area (Å²) in [6.07, 6.45) is 0. The molecule has 2 nitrogen and oxygen atoms in total. The Bertz CT molecular complexity index is 97.1. The summed E-state index contributed by atoms with van der Waals surface area (Å²) >= 11 is 2.13. The van der Waals surface area contributed by atoms with Gasteiger partial charge in [0.15, 0.2) is 0 Å². The first-order valence-electron chi connectivity index (χ1n) is 2.97. The van der Waals surface area contributed by atoms with Crippen LogP contribution in [0.2, 0.25) is 0 Å². The highest BCUT2D eigenvalue weighted by molar-refractivity contribution is 14.1. The van der Waals surface area contributed by atoms with Crippen molar-refractivity contribution < 1.29 is 9.31 Å². The van der Waals surface area contributed by atoms with Gasteiger partial charge in [0.2, 0.25) is 0 Å². The molecule has 1 fully saturated rings. The molecule has 0 aliphatic carbocycles. The fourth-order valence-corrected chi connectivity index (χ4v) is 1.03. The van der Waals surface area contributed by atoms with Crippen molar-refractivity contribution in [1.29, 1.82) is 0 Å². The third kappa shape index (κ3) is 2.43. The molecule has 1 heterocycles. The summed E-state index contributed by atoms with van der Waals surface area (Å²) < 4.78 is 10.5. The molecule has 0 N–H and O–H groups in total. The first kappa shape index (κ1) is 7.82. The van der Waals surface area contributed by atoms with E-state index in [4.69, 9.17) is 9.31 Å². The molecule has 0 aromatic carbocycles. The van der Waals surface area contributed by atoms with Gasteiger partial charge >= 0.3 is 4.97 Å². The first-order chi connectivity index (χ1) is 4.10. The summed E-state index contributed by atoms with van der Waals surface area (Å²) in [5, 5.41) is 0. The SMILES string of the molecule is CC1(C)COB(I)OC1. The molecule has 0 amide bonds. The van der Waals surface area contributed by atoms with E-state index in [1.54, 1.807) is 0 Å². The second-order valence-corrected chi connectivity index (χ2v) is 4.08. The van der Waals surface area contributed by atoms with E-state index < -0.39 is 0 Å². The average Bonchev–Trinajstić information content (AvgIpc) is 1.78. The Morgan fingerprint density at radius 1 is 1.33 bits per heavy atom. The summed E-state index contributed by atoms with van der Waals surface area (Å²) in [6, 6.07) is 0. The average molecular weight is 240 g/mol. The van der Waals surface area contributed by atoms with Gasteiger partial charge in [0.05, 0.1) is 0 Å². The molecular formula is C5H10BIO2. The number of halogens is 1. The molecule has 0 radical (unpaired) electrons. The van der Waals surface area contributed by atoms with Crippen LogP contribution in [0.1, 0.15) is 13.8 Å². The molecule has 1 rings (SSSR count). The number of hydrogen-bond donors (Lipinski definition) is 0. The summed E-state index contributed by atoms with van der Waals surface area (Å²) in [6.45, 7) is 5.88. The van der Waals surface area contributed by atoms with Gasteiger partial charge in [-0.2, -0.15) is 0 Å². The lowest BCUT2D eigenvalue weighted by molar-refractivity contribution is 0.0409. The van der Waals surface area contributed by atoms with Gasteiger partial charge in [-0.05, 0) is 0 Å². The minimum absolute atomic E-state index is 0.0318. The maximum absolute atomic E-state index is 5.26. The molecule has 0 aromatic heterocycles. The van der Waals surface area contributed by atoms with Crippen LogP contribution in [0, 0.1) is 5.41 Å². The Hall–Kier alpha value is 0.715. The zero-order valence-electron chi connectivity index (χ0n) is 5.69. The van der Waals surface area contributed by atoms with E-state index in [2.05, 4.69) is 36.2 Å². The number of rotatable bonds is 0. The van der Waals surface area contributed by atoms with Gasteiger partial charge in [-0.1, -0.05) is 36.2 Å². The Labute approximate surface area is 69.3 Å². The molecule has 0 saturated carbocycles. The summed E-state index contributed by atoms with van der Waals surface area (Å²) in [5.74, 6) is 0. The van der Waals surface area contributed by atoms with Crippen LogP contribution >= 0.6 is 22.4 Å². The highest BCUT2D eigenvalue weighted by Crippen LogP contribution is 2.22. The van der Waals surface area contributed by atoms with Crippen LogP contribution < -0.4 is 0 Å². The van der Waals surface area contributed by atoms with Crippen LogP contribution in [-0.2, 0) is 9.31 Å². The molecule has 52 valence electrons. The zero-order valence-corrected chi connectivity index (χ0v) is 7.84. The third-order valence-corrected chi connectivity index (χ3v) is 1.93. The van der Waals surface area contributed by atoms with Crippen LogP contribution in [0.15, 0.2) is 0 Å². The Kier molecular flexibility index (Phi) is 2.40. The largest absolute Gasteiger partial charge is 0.532 e. The third-order valence-electron chi connectivity index (χ3n) is 1.21. The Morgan fingerprint density at radius 3 is 2.11 bits per heavy atom. The normalized spacial score (nSPS) is 26.3. The van der Waals surface area contributed by atoms with Gasteiger partial charge in [-0.3, -0.25) is 0 Å². The van der Waals surface area contributed by atoms with E-state index in [0.717, 1.165) is 13.2 Å². The topological polar surface area (TPSA) is 18.5 Å². The minimum atomic E-state index is -0.0318. The highest BCUT2D eigenvalue weighted by atomic mass is 127. The fourth-order valence-electron chi connectivity index (χ4n) is 0.672. The van der Waals surface area contributed by atoms with E-state index >= 15 is 0 Å². The molecule has 1 aliphatic heterocycles. The second-order valence-electron chi connectivity index (χ2n) is 3.06. The fraction of sp³-hybridized carbons (Fsp3) is 1.00. The molecule has 0 spiro atoms. The maximum atomic E-state index is 5.26. The lowest BCUT2D eigenvalue weighted by atomic mass is 9.94. The van der Waals surface area contributed by atoms with Crippen molar-refractivity contribution in [3.05, 3.63) is 0 Å². The number of hydrogen-bond acceptors (Lipinski definition) is 2. The monoisotopic (exact) mass is 240 g/mol. The van der Waals surface area contributed by atoms with Crippen molar-refractivity contribution in [3.8, 4) is 0 Å². The van der Waals surface area contributed by atoms with Crippen LogP contribution in [-0.4, -0.2) is 18.2 Å². The Balaban J connectivity index is 2.35. The lowest BCUT2D eigenvalue weighted by Gasteiger charge is -2.30. The van der Waals surface area contributed by atoms with Crippen molar-refractivity contribution in [2.24, 2.45) is 5.41 Å². The van der Waals surface area contributed by atoms with Gasteiger partial charge in [0.1, 0.15) is 0 Å². The Morgan fingerprint density at radius 2 is 1.78 bits per heavy atom. The molecule has 9 heavy (non-hydrogen) atoms. The van der Waals surface area contributed by atoms with Gasteiger partial charge < -0.3 is 9.31 Å². The van der Waals surface area contributed by atoms with Crippen LogP contribution in [0.4, 0.5) is 0 Å². The smallest absolute Gasteiger partial charge is 0.402 e. The zero-order chi connectivity index (χ0) is 6.91. The van der Waals surface area contributed by atoms with Gasteiger partial charge in [0, 0.05) is 18.6 Å².